The Kier molecular flexibility index (Phi) is 4.25. The van der Waals surface area contributed by atoms with Crippen molar-refractivity contribution in [2.24, 2.45) is 0 Å². The van der Waals surface area contributed by atoms with E-state index < -0.39 is 4.92 Å². The summed E-state index contributed by atoms with van der Waals surface area (Å²) < 4.78 is 0. The van der Waals surface area contributed by atoms with E-state index in [4.69, 9.17) is 0 Å². The summed E-state index contributed by atoms with van der Waals surface area (Å²) in [5.74, 6) is -0.553. The van der Waals surface area contributed by atoms with Gasteiger partial charge in [0.05, 0.1) is 10.5 Å². The molecule has 0 saturated heterocycles. The molecule has 4 nitrogen and oxygen atoms in total. The zero-order valence-corrected chi connectivity index (χ0v) is 11.2. The second kappa shape index (κ2) is 6.10. The Morgan fingerprint density at radius 1 is 1.10 bits per heavy atom. The Hall–Kier alpha value is -2.49. The highest BCUT2D eigenvalue weighted by Gasteiger charge is 2.26. The first kappa shape index (κ1) is 13.9. The van der Waals surface area contributed by atoms with Crippen LogP contribution < -0.4 is 0 Å². The molecule has 1 unspecified atom stereocenters. The molecule has 0 bridgehead atoms. The molecule has 0 aromatic heterocycles. The number of Topliss-reactive ketones (excluding diaryl/α,β-unsaturated/α-hetero) is 1. The van der Waals surface area contributed by atoms with E-state index in [0.717, 1.165) is 5.56 Å². The van der Waals surface area contributed by atoms with Crippen molar-refractivity contribution in [2.75, 3.05) is 0 Å². The van der Waals surface area contributed by atoms with Gasteiger partial charge in [0.15, 0.2) is 5.78 Å². The van der Waals surface area contributed by atoms with Gasteiger partial charge in [0, 0.05) is 12.0 Å². The first-order valence-corrected chi connectivity index (χ1v) is 6.47. The normalized spacial score (nSPS) is 11.8. The van der Waals surface area contributed by atoms with Crippen LogP contribution in [-0.4, -0.2) is 10.7 Å². The highest BCUT2D eigenvalue weighted by atomic mass is 16.6. The number of ketones is 1. The standard InChI is InChI=1S/C16H15NO3/c1-2-13(12-8-4-3-5-9-12)16(18)14-10-6-7-11-15(14)17(19)20/h3-11,13H,2H2,1H3. The second-order valence-electron chi connectivity index (χ2n) is 4.51. The van der Waals surface area contributed by atoms with Crippen molar-refractivity contribution in [1.82, 2.24) is 0 Å². The molecule has 0 saturated carbocycles. The molecule has 20 heavy (non-hydrogen) atoms. The number of nitrogens with zero attached hydrogens (tertiary/aromatic N) is 1. The smallest absolute Gasteiger partial charge is 0.280 e. The molecule has 0 N–H and O–H groups in total. The third-order valence-electron chi connectivity index (χ3n) is 3.29. The average Bonchev–Trinajstić information content (AvgIpc) is 2.49. The van der Waals surface area contributed by atoms with Crippen LogP contribution >= 0.6 is 0 Å². The molecule has 4 heteroatoms. The predicted molar refractivity (Wildman–Crippen MR) is 76.9 cm³/mol. The second-order valence-corrected chi connectivity index (χ2v) is 4.51. The summed E-state index contributed by atoms with van der Waals surface area (Å²) in [4.78, 5) is 23.1. The van der Waals surface area contributed by atoms with E-state index in [9.17, 15) is 14.9 Å². The lowest BCUT2D eigenvalue weighted by Gasteiger charge is -2.14. The number of carbonyl (C=O) groups is 1. The molecule has 0 amide bonds. The predicted octanol–water partition coefficient (Wildman–Crippen LogP) is 3.97. The number of hydrogen-bond donors (Lipinski definition) is 0. The Labute approximate surface area is 117 Å². The number of carbonyl (C=O) groups excluding carboxylic acids is 1. The molecule has 2 rings (SSSR count). The molecule has 102 valence electrons. The van der Waals surface area contributed by atoms with Crippen LogP contribution in [0.25, 0.3) is 0 Å². The largest absolute Gasteiger partial charge is 0.293 e. The lowest BCUT2D eigenvalue weighted by Crippen LogP contribution is -2.14. The van der Waals surface area contributed by atoms with Gasteiger partial charge in [-0.2, -0.15) is 0 Å². The topological polar surface area (TPSA) is 60.2 Å². The SMILES string of the molecule is CCC(C(=O)c1ccccc1[N+](=O)[O-])c1ccccc1. The number of hydrogen-bond acceptors (Lipinski definition) is 3. The van der Waals surface area contributed by atoms with Gasteiger partial charge in [-0.25, -0.2) is 0 Å². The van der Waals surface area contributed by atoms with Crippen LogP contribution in [0.3, 0.4) is 0 Å². The monoisotopic (exact) mass is 269 g/mol. The van der Waals surface area contributed by atoms with Crippen molar-refractivity contribution in [2.45, 2.75) is 19.3 Å². The first-order valence-electron chi connectivity index (χ1n) is 6.47. The van der Waals surface area contributed by atoms with Gasteiger partial charge in [-0.15, -0.1) is 0 Å². The zero-order valence-electron chi connectivity index (χ0n) is 11.2. The van der Waals surface area contributed by atoms with Gasteiger partial charge in [0.2, 0.25) is 0 Å². The molecule has 0 aliphatic rings. The van der Waals surface area contributed by atoms with Gasteiger partial charge in [0.1, 0.15) is 0 Å². The molecule has 0 aliphatic heterocycles. The maximum atomic E-state index is 12.6. The lowest BCUT2D eigenvalue weighted by atomic mass is 9.88. The van der Waals surface area contributed by atoms with Crippen LogP contribution in [0.4, 0.5) is 5.69 Å². The minimum atomic E-state index is -0.509. The van der Waals surface area contributed by atoms with Crippen LogP contribution in [0.15, 0.2) is 54.6 Å². The summed E-state index contributed by atoms with van der Waals surface area (Å²) in [6, 6.07) is 15.5. The highest BCUT2D eigenvalue weighted by Crippen LogP contribution is 2.28. The molecular formula is C16H15NO3. The summed E-state index contributed by atoms with van der Waals surface area (Å²) >= 11 is 0. The quantitative estimate of drug-likeness (QED) is 0.468. The van der Waals surface area contributed by atoms with Crippen LogP contribution in [0, 0.1) is 10.1 Å². The van der Waals surface area contributed by atoms with Gasteiger partial charge >= 0.3 is 0 Å². The summed E-state index contributed by atoms with van der Waals surface area (Å²) in [6.45, 7) is 1.91. The van der Waals surface area contributed by atoms with E-state index in [-0.39, 0.29) is 23.0 Å². The fourth-order valence-corrected chi connectivity index (χ4v) is 2.29. The summed E-state index contributed by atoms with van der Waals surface area (Å²) in [6.07, 6.45) is 0.606. The van der Waals surface area contributed by atoms with Gasteiger partial charge < -0.3 is 0 Å². The molecule has 0 spiro atoms. The Bertz CT molecular complexity index is 623. The third kappa shape index (κ3) is 2.74. The van der Waals surface area contributed by atoms with E-state index in [2.05, 4.69) is 0 Å². The van der Waals surface area contributed by atoms with E-state index in [1.807, 2.05) is 37.3 Å². The third-order valence-corrected chi connectivity index (χ3v) is 3.29. The number of nitro groups is 1. The Morgan fingerprint density at radius 3 is 2.30 bits per heavy atom. The fourth-order valence-electron chi connectivity index (χ4n) is 2.29. The van der Waals surface area contributed by atoms with Crippen molar-refractivity contribution in [3.63, 3.8) is 0 Å². The first-order chi connectivity index (χ1) is 9.65. The van der Waals surface area contributed by atoms with E-state index in [1.54, 1.807) is 12.1 Å². The minimum Gasteiger partial charge on any atom is -0.293 e. The number of benzene rings is 2. The van der Waals surface area contributed by atoms with Crippen molar-refractivity contribution < 1.29 is 9.72 Å². The molecule has 2 aromatic carbocycles. The van der Waals surface area contributed by atoms with Crippen molar-refractivity contribution in [1.29, 1.82) is 0 Å². The molecule has 1 atom stereocenters. The minimum absolute atomic E-state index is 0.133. The fraction of sp³-hybridized carbons (Fsp3) is 0.188. The number of nitro benzene ring substituents is 1. The van der Waals surface area contributed by atoms with E-state index in [0.29, 0.717) is 6.42 Å². The molecular weight excluding hydrogens is 254 g/mol. The Balaban J connectivity index is 2.42. The van der Waals surface area contributed by atoms with Crippen molar-refractivity contribution >= 4 is 11.5 Å². The molecule has 0 radical (unpaired) electrons. The Morgan fingerprint density at radius 2 is 1.70 bits per heavy atom. The number of para-hydroxylation sites is 1. The summed E-state index contributed by atoms with van der Waals surface area (Å²) in [7, 11) is 0. The summed E-state index contributed by atoms with van der Waals surface area (Å²) in [5.41, 5.74) is 0.929. The van der Waals surface area contributed by atoms with Crippen molar-refractivity contribution in [3.05, 3.63) is 75.8 Å². The average molecular weight is 269 g/mol. The maximum absolute atomic E-state index is 12.6. The van der Waals surface area contributed by atoms with Crippen molar-refractivity contribution in [3.8, 4) is 0 Å². The lowest BCUT2D eigenvalue weighted by molar-refractivity contribution is -0.385. The van der Waals surface area contributed by atoms with Crippen LogP contribution in [0.2, 0.25) is 0 Å². The van der Waals surface area contributed by atoms with E-state index in [1.165, 1.54) is 12.1 Å². The molecule has 0 aliphatic carbocycles. The molecule has 2 aromatic rings. The van der Waals surface area contributed by atoms with Gasteiger partial charge in [-0.05, 0) is 18.1 Å². The highest BCUT2D eigenvalue weighted by molar-refractivity contribution is 6.04. The van der Waals surface area contributed by atoms with E-state index >= 15 is 0 Å². The molecule has 0 heterocycles. The van der Waals surface area contributed by atoms with Gasteiger partial charge in [0.25, 0.3) is 5.69 Å². The van der Waals surface area contributed by atoms with Crippen LogP contribution in [0.1, 0.15) is 35.2 Å². The zero-order chi connectivity index (χ0) is 14.5. The maximum Gasteiger partial charge on any atom is 0.280 e. The van der Waals surface area contributed by atoms with Crippen LogP contribution in [-0.2, 0) is 0 Å². The van der Waals surface area contributed by atoms with Gasteiger partial charge in [-0.1, -0.05) is 49.4 Å². The molecule has 0 fully saturated rings. The van der Waals surface area contributed by atoms with Crippen LogP contribution in [0.5, 0.6) is 0 Å². The van der Waals surface area contributed by atoms with Gasteiger partial charge in [-0.3, -0.25) is 14.9 Å². The number of rotatable bonds is 5. The summed E-state index contributed by atoms with van der Waals surface area (Å²) in [5, 5.41) is 11.0.